The van der Waals surface area contributed by atoms with Crippen molar-refractivity contribution in [3.63, 3.8) is 0 Å². The standard InChI is InChI=1S/C9H11N3O/c10-7-3-1-2-4-8(7)12-6-5-11-9(12)13/h1-4H,5-6,10H2,(H,11,13). The molecule has 13 heavy (non-hydrogen) atoms. The van der Waals surface area contributed by atoms with Crippen molar-refractivity contribution < 1.29 is 4.79 Å². The minimum Gasteiger partial charge on any atom is -0.397 e. The zero-order valence-corrected chi connectivity index (χ0v) is 7.16. The van der Waals surface area contributed by atoms with E-state index in [0.717, 1.165) is 5.69 Å². The molecule has 0 saturated carbocycles. The summed E-state index contributed by atoms with van der Waals surface area (Å²) in [7, 11) is 0. The van der Waals surface area contributed by atoms with E-state index in [9.17, 15) is 4.79 Å². The quantitative estimate of drug-likeness (QED) is 0.623. The molecule has 0 spiro atoms. The first-order valence-corrected chi connectivity index (χ1v) is 4.19. The predicted octanol–water partition coefficient (Wildman–Crippen LogP) is 0.798. The maximum atomic E-state index is 11.3. The van der Waals surface area contributed by atoms with Crippen LogP contribution in [0.5, 0.6) is 0 Å². The van der Waals surface area contributed by atoms with Gasteiger partial charge in [-0.25, -0.2) is 4.79 Å². The molecule has 1 heterocycles. The molecule has 1 fully saturated rings. The number of nitrogens with zero attached hydrogens (tertiary/aromatic N) is 1. The largest absolute Gasteiger partial charge is 0.397 e. The lowest BCUT2D eigenvalue weighted by molar-refractivity contribution is 0.252. The molecule has 1 aromatic rings. The topological polar surface area (TPSA) is 58.4 Å². The Balaban J connectivity index is 2.34. The molecule has 68 valence electrons. The molecule has 3 N–H and O–H groups in total. The fourth-order valence-electron chi connectivity index (χ4n) is 1.43. The number of nitrogen functional groups attached to an aromatic ring is 1. The van der Waals surface area contributed by atoms with Gasteiger partial charge in [0.15, 0.2) is 0 Å². The van der Waals surface area contributed by atoms with E-state index in [-0.39, 0.29) is 6.03 Å². The summed E-state index contributed by atoms with van der Waals surface area (Å²) in [5.41, 5.74) is 7.17. The van der Waals surface area contributed by atoms with Crippen LogP contribution in [0.4, 0.5) is 16.2 Å². The SMILES string of the molecule is Nc1ccccc1N1CCNC1=O. The van der Waals surface area contributed by atoms with E-state index in [1.807, 2.05) is 18.2 Å². The Kier molecular flexibility index (Phi) is 1.81. The minimum atomic E-state index is -0.0714. The molecule has 2 rings (SSSR count). The summed E-state index contributed by atoms with van der Waals surface area (Å²) in [4.78, 5) is 12.9. The van der Waals surface area contributed by atoms with Gasteiger partial charge in [0.05, 0.1) is 11.4 Å². The number of anilines is 2. The summed E-state index contributed by atoms with van der Waals surface area (Å²) >= 11 is 0. The number of nitrogens with one attached hydrogen (secondary N) is 1. The van der Waals surface area contributed by atoms with E-state index < -0.39 is 0 Å². The Morgan fingerprint density at radius 3 is 2.77 bits per heavy atom. The van der Waals surface area contributed by atoms with Gasteiger partial charge in [0.1, 0.15) is 0 Å². The monoisotopic (exact) mass is 177 g/mol. The zero-order valence-electron chi connectivity index (χ0n) is 7.16. The van der Waals surface area contributed by atoms with Gasteiger partial charge in [-0.2, -0.15) is 0 Å². The first-order chi connectivity index (χ1) is 6.29. The normalized spacial score (nSPS) is 16.0. The number of nitrogens with two attached hydrogens (primary N) is 1. The summed E-state index contributed by atoms with van der Waals surface area (Å²) in [6.07, 6.45) is 0. The molecule has 1 aromatic carbocycles. The summed E-state index contributed by atoms with van der Waals surface area (Å²) in [6.45, 7) is 1.38. The maximum absolute atomic E-state index is 11.3. The number of carbonyl (C=O) groups is 1. The fourth-order valence-corrected chi connectivity index (χ4v) is 1.43. The van der Waals surface area contributed by atoms with Crippen LogP contribution in [-0.4, -0.2) is 19.1 Å². The molecule has 1 aliphatic rings. The van der Waals surface area contributed by atoms with Crippen LogP contribution in [0.2, 0.25) is 0 Å². The summed E-state index contributed by atoms with van der Waals surface area (Å²) in [5.74, 6) is 0. The molecule has 0 radical (unpaired) electrons. The van der Waals surface area contributed by atoms with Crippen molar-refractivity contribution in [3.8, 4) is 0 Å². The second-order valence-corrected chi connectivity index (χ2v) is 2.94. The third-order valence-corrected chi connectivity index (χ3v) is 2.08. The molecule has 0 aliphatic carbocycles. The molecule has 0 atom stereocenters. The number of urea groups is 1. The van der Waals surface area contributed by atoms with Gasteiger partial charge in [-0.3, -0.25) is 4.90 Å². The van der Waals surface area contributed by atoms with Crippen molar-refractivity contribution in [2.75, 3.05) is 23.7 Å². The number of benzene rings is 1. The van der Waals surface area contributed by atoms with Crippen LogP contribution in [0.1, 0.15) is 0 Å². The third kappa shape index (κ3) is 1.30. The molecule has 2 amide bonds. The molecule has 4 nitrogen and oxygen atoms in total. The van der Waals surface area contributed by atoms with Gasteiger partial charge in [-0.05, 0) is 12.1 Å². The van der Waals surface area contributed by atoms with Crippen LogP contribution in [-0.2, 0) is 0 Å². The lowest BCUT2D eigenvalue weighted by atomic mass is 10.2. The Morgan fingerprint density at radius 1 is 1.38 bits per heavy atom. The van der Waals surface area contributed by atoms with Crippen molar-refractivity contribution in [1.29, 1.82) is 0 Å². The van der Waals surface area contributed by atoms with Gasteiger partial charge in [0.2, 0.25) is 0 Å². The van der Waals surface area contributed by atoms with Crippen LogP contribution in [0.15, 0.2) is 24.3 Å². The molecule has 1 saturated heterocycles. The second-order valence-electron chi connectivity index (χ2n) is 2.94. The minimum absolute atomic E-state index is 0.0714. The summed E-state index contributed by atoms with van der Waals surface area (Å²) in [5, 5.41) is 2.73. The number of carbonyl (C=O) groups excluding carboxylic acids is 1. The van der Waals surface area contributed by atoms with Gasteiger partial charge in [0, 0.05) is 13.1 Å². The van der Waals surface area contributed by atoms with Crippen LogP contribution >= 0.6 is 0 Å². The predicted molar refractivity (Wildman–Crippen MR) is 51.6 cm³/mol. The average molecular weight is 177 g/mol. The van der Waals surface area contributed by atoms with Crippen LogP contribution in [0, 0.1) is 0 Å². The Morgan fingerprint density at radius 2 is 2.15 bits per heavy atom. The number of hydrogen-bond acceptors (Lipinski definition) is 2. The molecule has 0 bridgehead atoms. The smallest absolute Gasteiger partial charge is 0.322 e. The van der Waals surface area contributed by atoms with Crippen molar-refractivity contribution in [2.45, 2.75) is 0 Å². The van der Waals surface area contributed by atoms with Crippen LogP contribution in [0.25, 0.3) is 0 Å². The Bertz CT molecular complexity index is 337. The van der Waals surface area contributed by atoms with E-state index in [1.165, 1.54) is 0 Å². The Hall–Kier alpha value is -1.71. The average Bonchev–Trinajstić information content (AvgIpc) is 2.52. The number of hydrogen-bond donors (Lipinski definition) is 2. The van der Waals surface area contributed by atoms with E-state index in [1.54, 1.807) is 11.0 Å². The first-order valence-electron chi connectivity index (χ1n) is 4.19. The lowest BCUT2D eigenvalue weighted by Gasteiger charge is -2.15. The van der Waals surface area contributed by atoms with E-state index in [2.05, 4.69) is 5.32 Å². The molecule has 4 heteroatoms. The fraction of sp³-hybridized carbons (Fsp3) is 0.222. The van der Waals surface area contributed by atoms with Crippen molar-refractivity contribution in [2.24, 2.45) is 0 Å². The Labute approximate surface area is 76.3 Å². The molecule has 0 unspecified atom stereocenters. The van der Waals surface area contributed by atoms with Gasteiger partial charge in [-0.15, -0.1) is 0 Å². The summed E-state index contributed by atoms with van der Waals surface area (Å²) in [6, 6.07) is 7.29. The number of para-hydroxylation sites is 2. The van der Waals surface area contributed by atoms with Crippen LogP contribution < -0.4 is 16.0 Å². The number of rotatable bonds is 1. The first kappa shape index (κ1) is 7.91. The van der Waals surface area contributed by atoms with E-state index in [4.69, 9.17) is 5.73 Å². The van der Waals surface area contributed by atoms with Crippen molar-refractivity contribution in [1.82, 2.24) is 5.32 Å². The lowest BCUT2D eigenvalue weighted by Crippen LogP contribution is -2.28. The molecule has 1 aliphatic heterocycles. The van der Waals surface area contributed by atoms with Crippen molar-refractivity contribution >= 4 is 17.4 Å². The van der Waals surface area contributed by atoms with E-state index in [0.29, 0.717) is 18.8 Å². The summed E-state index contributed by atoms with van der Waals surface area (Å²) < 4.78 is 0. The maximum Gasteiger partial charge on any atom is 0.322 e. The van der Waals surface area contributed by atoms with Gasteiger partial charge >= 0.3 is 6.03 Å². The highest BCUT2D eigenvalue weighted by Crippen LogP contribution is 2.23. The van der Waals surface area contributed by atoms with Gasteiger partial charge in [0.25, 0.3) is 0 Å². The molecule has 0 aromatic heterocycles. The van der Waals surface area contributed by atoms with Gasteiger partial charge < -0.3 is 11.1 Å². The molecular formula is C9H11N3O. The molecular weight excluding hydrogens is 166 g/mol. The van der Waals surface area contributed by atoms with E-state index >= 15 is 0 Å². The highest BCUT2D eigenvalue weighted by atomic mass is 16.2. The van der Waals surface area contributed by atoms with Crippen molar-refractivity contribution in [3.05, 3.63) is 24.3 Å². The second kappa shape index (κ2) is 2.97. The highest BCUT2D eigenvalue weighted by Gasteiger charge is 2.22. The highest BCUT2D eigenvalue weighted by molar-refractivity contribution is 5.96. The van der Waals surface area contributed by atoms with Gasteiger partial charge in [-0.1, -0.05) is 12.1 Å². The van der Waals surface area contributed by atoms with Crippen LogP contribution in [0.3, 0.4) is 0 Å². The number of amides is 2. The zero-order chi connectivity index (χ0) is 9.26. The third-order valence-electron chi connectivity index (χ3n) is 2.08.